The first-order valence-corrected chi connectivity index (χ1v) is 8.50. The molecule has 0 atom stereocenters. The molecule has 0 aliphatic carbocycles. The summed E-state index contributed by atoms with van der Waals surface area (Å²) in [6.45, 7) is 28.5. The van der Waals surface area contributed by atoms with Crippen molar-refractivity contribution in [2.24, 2.45) is 0 Å². The van der Waals surface area contributed by atoms with E-state index in [9.17, 15) is 0 Å². The van der Waals surface area contributed by atoms with E-state index in [0.717, 1.165) is 17.9 Å². The number of nitrogens with zero attached hydrogens (tertiary/aromatic N) is 10. The molecule has 0 rings (SSSR count). The summed E-state index contributed by atoms with van der Waals surface area (Å²) < 4.78 is 4.00. The Morgan fingerprint density at radius 2 is 0.242 bits per heavy atom. The van der Waals surface area contributed by atoms with Gasteiger partial charge in [-0.2, -0.15) is 0 Å². The van der Waals surface area contributed by atoms with Crippen LogP contribution in [0.5, 0.6) is 0 Å². The van der Waals surface area contributed by atoms with Gasteiger partial charge < -0.3 is 88.9 Å². The monoisotopic (exact) mass is 508 g/mol. The predicted molar refractivity (Wildman–Crippen MR) is 126 cm³/mol. The fraction of sp³-hybridized carbons (Fsp3) is 0.727. The summed E-state index contributed by atoms with van der Waals surface area (Å²) >= 11 is 0. The number of hydrogen-bond donors (Lipinski definition) is 0. The van der Waals surface area contributed by atoms with E-state index < -0.39 is 0 Å². The Hall–Kier alpha value is -2.70. The maximum Gasteiger partial charge on any atom is 2.00 e. The Kier molecular flexibility index (Phi) is 109. The summed E-state index contributed by atoms with van der Waals surface area (Å²) in [4.78, 5) is 0. The first-order valence-electron chi connectivity index (χ1n) is 8.50. The Labute approximate surface area is 218 Å². The minimum absolute atomic E-state index is 0. The average molecular weight is 509 g/mol. The number of hydrogen-bond acceptors (Lipinski definition) is 6. The molecule has 0 saturated heterocycles. The minimum atomic E-state index is 0. The molecule has 0 radical (unpaired) electrons. The average Bonchev–Trinajstić information content (AvgIpc) is 2.59. The van der Waals surface area contributed by atoms with Gasteiger partial charge in [0.05, 0.1) is 113 Å². The van der Waals surface area contributed by atoms with Crippen molar-refractivity contribution in [1.82, 2.24) is 0 Å². The van der Waals surface area contributed by atoms with Crippen molar-refractivity contribution in [3.05, 3.63) is 39.4 Å². The van der Waals surface area contributed by atoms with Crippen molar-refractivity contribution >= 4 is 0 Å². The zero-order chi connectivity index (χ0) is 30.0. The summed E-state index contributed by atoms with van der Waals surface area (Å²) in [6.07, 6.45) is 0. The van der Waals surface area contributed by atoms with Crippen molar-refractivity contribution in [2.45, 2.75) is 0 Å². The first kappa shape index (κ1) is 69.8. The second kappa shape index (κ2) is 51.7. The van der Waals surface area contributed by atoms with Crippen LogP contribution in [0.3, 0.4) is 0 Å². The molecule has 33 heavy (non-hydrogen) atoms. The van der Waals surface area contributed by atoms with E-state index in [2.05, 4.69) is 113 Å². The van der Waals surface area contributed by atoms with Crippen LogP contribution in [-0.2, 0) is 17.1 Å². The molecular weight excluding hydrogens is 460 g/mol. The van der Waals surface area contributed by atoms with Crippen LogP contribution in [-0.4, -0.2) is 131 Å². The molecule has 0 amide bonds. The smallest absolute Gasteiger partial charge is 0.512 e. The van der Waals surface area contributed by atoms with E-state index in [0.29, 0.717) is 0 Å². The Balaban J connectivity index is -0.0000000187. The van der Waals surface area contributed by atoms with Gasteiger partial charge in [0, 0.05) is 0 Å². The molecule has 0 fully saturated rings. The van der Waals surface area contributed by atoms with Gasteiger partial charge in [-0.1, -0.05) is 0 Å². The molecule has 0 heterocycles. The van der Waals surface area contributed by atoms with Gasteiger partial charge in [0.25, 0.3) is 0 Å². The molecule has 194 valence electrons. The molecule has 0 N–H and O–H groups in total. The van der Waals surface area contributed by atoms with Crippen LogP contribution < -0.4 is 0 Å². The second-order valence-electron chi connectivity index (χ2n) is 10.7. The molecule has 0 aliphatic rings. The van der Waals surface area contributed by atoms with E-state index in [1.165, 1.54) is 0 Å². The van der Waals surface area contributed by atoms with Gasteiger partial charge in [0.2, 0.25) is 0 Å². The topological polar surface area (TPSA) is 143 Å². The SMILES string of the molecule is C[N+](C)(C)C.C[N+](C)(C)C.C[N+](C)(C)C.C[N+](C)(C)C.[C-]#N.[C-]#N.[C-]#N.[C-]#N.[C-]#N.[C-]#N.[Fe+2]. The van der Waals surface area contributed by atoms with Gasteiger partial charge >= 0.3 is 17.1 Å². The molecule has 0 aromatic rings. The molecule has 0 unspecified atom stereocenters. The van der Waals surface area contributed by atoms with Crippen LogP contribution in [0.2, 0.25) is 0 Å². The molecular formula is C22H48FeN10. The Morgan fingerprint density at radius 1 is 0.242 bits per heavy atom. The second-order valence-corrected chi connectivity index (χ2v) is 10.7. The van der Waals surface area contributed by atoms with Gasteiger partial charge in [-0.25, -0.2) is 0 Å². The Bertz CT molecular complexity index is 303. The molecule has 11 heteroatoms. The molecule has 0 spiro atoms. The quantitative estimate of drug-likeness (QED) is 0.278. The van der Waals surface area contributed by atoms with Gasteiger partial charge in [0.15, 0.2) is 0 Å². The molecule has 0 aliphatic heterocycles. The van der Waals surface area contributed by atoms with E-state index in [4.69, 9.17) is 71.0 Å². The van der Waals surface area contributed by atoms with Gasteiger partial charge in [-0.15, -0.1) is 0 Å². The predicted octanol–water partition coefficient (Wildman–Crippen LogP) is 1.87. The number of rotatable bonds is 0. The maximum absolute atomic E-state index is 6.25. The molecule has 0 aromatic heterocycles. The van der Waals surface area contributed by atoms with Crippen LogP contribution >= 0.6 is 0 Å². The van der Waals surface area contributed by atoms with Crippen molar-refractivity contribution < 1.29 is 35.0 Å². The third-order valence-electron chi connectivity index (χ3n) is 0. The normalized spacial score (nSPS) is 7.64. The minimum Gasteiger partial charge on any atom is -0.512 e. The van der Waals surface area contributed by atoms with E-state index in [1.54, 1.807) is 0 Å². The molecule has 0 bridgehead atoms. The number of quaternary nitrogens is 4. The van der Waals surface area contributed by atoms with Crippen LogP contribution in [0.25, 0.3) is 0 Å². The van der Waals surface area contributed by atoms with Gasteiger partial charge in [0.1, 0.15) is 0 Å². The van der Waals surface area contributed by atoms with Crippen LogP contribution in [0.4, 0.5) is 0 Å². The van der Waals surface area contributed by atoms with Gasteiger partial charge in [-0.3, -0.25) is 0 Å². The summed E-state index contributed by atoms with van der Waals surface area (Å²) in [7, 11) is 34.0. The van der Waals surface area contributed by atoms with E-state index in [1.807, 2.05) is 0 Å². The Morgan fingerprint density at radius 3 is 0.242 bits per heavy atom. The van der Waals surface area contributed by atoms with Crippen molar-refractivity contribution in [3.8, 4) is 0 Å². The zero-order valence-electron chi connectivity index (χ0n) is 23.8. The summed E-state index contributed by atoms with van der Waals surface area (Å²) in [5, 5.41) is 37.5. The molecule has 0 saturated carbocycles. The van der Waals surface area contributed by atoms with Gasteiger partial charge in [-0.05, 0) is 0 Å². The van der Waals surface area contributed by atoms with Crippen LogP contribution in [0.1, 0.15) is 0 Å². The summed E-state index contributed by atoms with van der Waals surface area (Å²) in [5.74, 6) is 0. The van der Waals surface area contributed by atoms with Crippen LogP contribution in [0.15, 0.2) is 0 Å². The third kappa shape index (κ3) is 2990. The fourth-order valence-corrected chi connectivity index (χ4v) is 0. The van der Waals surface area contributed by atoms with Crippen molar-refractivity contribution in [1.29, 1.82) is 31.6 Å². The fourth-order valence-electron chi connectivity index (χ4n) is 0. The maximum atomic E-state index is 6.25. The largest absolute Gasteiger partial charge is 2.00 e. The van der Waals surface area contributed by atoms with Crippen LogP contribution in [0, 0.1) is 71.0 Å². The standard InChI is InChI=1S/4C4H12N.6CN.Fe/c4*1-5(2,3)4;6*1-2;/h4*1-4H3;;;;;;;/q4*+1;6*-1;+2. The third-order valence-corrected chi connectivity index (χ3v) is 0. The summed E-state index contributed by atoms with van der Waals surface area (Å²) in [5.41, 5.74) is 0. The zero-order valence-corrected chi connectivity index (χ0v) is 24.9. The molecule has 10 nitrogen and oxygen atoms in total. The molecule has 0 aromatic carbocycles. The first-order chi connectivity index (χ1) is 14.0. The van der Waals surface area contributed by atoms with Crippen molar-refractivity contribution in [3.63, 3.8) is 0 Å². The van der Waals surface area contributed by atoms with E-state index in [-0.39, 0.29) is 17.1 Å². The summed E-state index contributed by atoms with van der Waals surface area (Å²) in [6, 6.07) is 0. The van der Waals surface area contributed by atoms with Crippen molar-refractivity contribution in [2.75, 3.05) is 113 Å². The van der Waals surface area contributed by atoms with E-state index >= 15 is 0 Å².